The highest BCUT2D eigenvalue weighted by molar-refractivity contribution is 5.87. The van der Waals surface area contributed by atoms with Crippen molar-refractivity contribution in [2.24, 2.45) is 0 Å². The molecule has 0 bridgehead atoms. The van der Waals surface area contributed by atoms with Gasteiger partial charge in [0.25, 0.3) is 5.56 Å². The Morgan fingerprint density at radius 1 is 1.28 bits per heavy atom. The Morgan fingerprint density at radius 3 is 2.83 bits per heavy atom. The molecular formula is C11H11N5O2. The van der Waals surface area contributed by atoms with E-state index >= 15 is 0 Å². The molecule has 2 heterocycles. The van der Waals surface area contributed by atoms with E-state index < -0.39 is 6.03 Å². The van der Waals surface area contributed by atoms with Gasteiger partial charge in [0.1, 0.15) is 0 Å². The van der Waals surface area contributed by atoms with Crippen molar-refractivity contribution in [3.8, 4) is 0 Å². The van der Waals surface area contributed by atoms with E-state index in [-0.39, 0.29) is 11.4 Å². The van der Waals surface area contributed by atoms with Gasteiger partial charge in [-0.25, -0.2) is 9.89 Å². The number of urea groups is 1. The number of hydrogen-bond donors (Lipinski definition) is 3. The van der Waals surface area contributed by atoms with Gasteiger partial charge in [0, 0.05) is 12.3 Å². The maximum Gasteiger partial charge on any atom is 0.320 e. The van der Waals surface area contributed by atoms with Gasteiger partial charge in [-0.1, -0.05) is 6.07 Å². The summed E-state index contributed by atoms with van der Waals surface area (Å²) in [4.78, 5) is 26.3. The molecule has 0 aliphatic heterocycles. The summed E-state index contributed by atoms with van der Waals surface area (Å²) in [6, 6.07) is 7.72. The molecule has 7 nitrogen and oxygen atoms in total. The zero-order valence-corrected chi connectivity index (χ0v) is 9.38. The molecule has 2 amide bonds. The van der Waals surface area contributed by atoms with E-state index in [9.17, 15) is 9.59 Å². The largest absolute Gasteiger partial charge is 0.332 e. The molecule has 0 saturated carbocycles. The number of hydrogen-bond acceptors (Lipinski definition) is 4. The third-order valence-corrected chi connectivity index (χ3v) is 2.08. The SMILES string of the molecule is O=C(NCc1ccccn1)Nc1ccc(=O)[nH]n1. The van der Waals surface area contributed by atoms with Gasteiger partial charge in [-0.3, -0.25) is 15.1 Å². The predicted octanol–water partition coefficient (Wildman–Crippen LogP) is 0.487. The van der Waals surface area contributed by atoms with Gasteiger partial charge in [-0.15, -0.1) is 0 Å². The molecule has 3 N–H and O–H groups in total. The lowest BCUT2D eigenvalue weighted by Crippen LogP contribution is -2.29. The van der Waals surface area contributed by atoms with E-state index in [4.69, 9.17) is 0 Å². The van der Waals surface area contributed by atoms with Crippen LogP contribution in [-0.4, -0.2) is 21.2 Å². The second-order valence-corrected chi connectivity index (χ2v) is 3.44. The summed E-state index contributed by atoms with van der Waals surface area (Å²) in [6.45, 7) is 0.316. The van der Waals surface area contributed by atoms with Crippen LogP contribution < -0.4 is 16.2 Å². The van der Waals surface area contributed by atoms with Gasteiger partial charge in [-0.05, 0) is 18.2 Å². The van der Waals surface area contributed by atoms with E-state index in [1.165, 1.54) is 12.1 Å². The topological polar surface area (TPSA) is 99.8 Å². The Labute approximate surface area is 102 Å². The first-order valence-electron chi connectivity index (χ1n) is 5.24. The number of carbonyl (C=O) groups excluding carboxylic acids is 1. The average molecular weight is 245 g/mol. The Kier molecular flexibility index (Phi) is 3.65. The molecule has 0 atom stereocenters. The quantitative estimate of drug-likeness (QED) is 0.732. The normalized spacial score (nSPS) is 9.78. The first-order chi connectivity index (χ1) is 8.74. The molecule has 7 heteroatoms. The molecule has 0 aliphatic rings. The minimum Gasteiger partial charge on any atom is -0.332 e. The lowest BCUT2D eigenvalue weighted by Gasteiger charge is -2.05. The van der Waals surface area contributed by atoms with E-state index in [0.29, 0.717) is 6.54 Å². The van der Waals surface area contributed by atoms with Crippen molar-refractivity contribution >= 4 is 11.8 Å². The molecule has 0 radical (unpaired) electrons. The van der Waals surface area contributed by atoms with Gasteiger partial charge >= 0.3 is 6.03 Å². The zero-order valence-electron chi connectivity index (χ0n) is 9.38. The average Bonchev–Trinajstić information content (AvgIpc) is 2.40. The summed E-state index contributed by atoms with van der Waals surface area (Å²) in [7, 11) is 0. The smallest absolute Gasteiger partial charge is 0.320 e. The van der Waals surface area contributed by atoms with Crippen molar-refractivity contribution in [2.75, 3.05) is 5.32 Å². The van der Waals surface area contributed by atoms with E-state index in [2.05, 4.69) is 25.8 Å². The molecule has 0 unspecified atom stereocenters. The lowest BCUT2D eigenvalue weighted by molar-refractivity contribution is 0.251. The van der Waals surface area contributed by atoms with Gasteiger partial charge in [0.15, 0.2) is 5.82 Å². The highest BCUT2D eigenvalue weighted by Gasteiger charge is 2.02. The molecule has 92 valence electrons. The van der Waals surface area contributed by atoms with E-state index in [0.717, 1.165) is 5.69 Å². The Hall–Kier alpha value is -2.70. The number of rotatable bonds is 3. The summed E-state index contributed by atoms with van der Waals surface area (Å²) >= 11 is 0. The minimum absolute atomic E-state index is 0.271. The van der Waals surface area contributed by atoms with Gasteiger partial charge in [0.05, 0.1) is 12.2 Å². The number of nitrogens with one attached hydrogen (secondary N) is 3. The van der Waals surface area contributed by atoms with Crippen molar-refractivity contribution in [2.45, 2.75) is 6.54 Å². The van der Waals surface area contributed by atoms with Crippen LogP contribution in [0.3, 0.4) is 0 Å². The highest BCUT2D eigenvalue weighted by atomic mass is 16.2. The molecule has 18 heavy (non-hydrogen) atoms. The van der Waals surface area contributed by atoms with Crippen molar-refractivity contribution in [1.82, 2.24) is 20.5 Å². The molecule has 0 fully saturated rings. The molecule has 0 saturated heterocycles. The zero-order chi connectivity index (χ0) is 12.8. The molecular weight excluding hydrogens is 234 g/mol. The van der Waals surface area contributed by atoms with Crippen LogP contribution in [0.2, 0.25) is 0 Å². The van der Waals surface area contributed by atoms with Crippen LogP contribution in [0.25, 0.3) is 0 Å². The van der Waals surface area contributed by atoms with E-state index in [1.54, 1.807) is 18.3 Å². The van der Waals surface area contributed by atoms with Crippen LogP contribution in [0, 0.1) is 0 Å². The fourth-order valence-corrected chi connectivity index (χ4v) is 1.25. The number of aromatic amines is 1. The standard InChI is InChI=1S/C11H11N5O2/c17-10-5-4-9(15-16-10)14-11(18)13-7-8-3-1-2-6-12-8/h1-6H,7H2,(H,16,17)(H2,13,14,15,18). The number of anilines is 1. The highest BCUT2D eigenvalue weighted by Crippen LogP contribution is 1.96. The van der Waals surface area contributed by atoms with Crippen molar-refractivity contribution in [1.29, 1.82) is 0 Å². The molecule has 2 aromatic rings. The molecule has 0 aliphatic carbocycles. The summed E-state index contributed by atoms with van der Waals surface area (Å²) in [6.07, 6.45) is 1.65. The number of amides is 2. The van der Waals surface area contributed by atoms with Crippen LogP contribution in [-0.2, 0) is 6.54 Å². The van der Waals surface area contributed by atoms with Crippen molar-refractivity contribution in [3.63, 3.8) is 0 Å². The number of H-pyrrole nitrogens is 1. The lowest BCUT2D eigenvalue weighted by atomic mass is 10.3. The van der Waals surface area contributed by atoms with E-state index in [1.807, 2.05) is 6.07 Å². The van der Waals surface area contributed by atoms with Crippen LogP contribution in [0.15, 0.2) is 41.3 Å². The maximum atomic E-state index is 11.5. The fourth-order valence-electron chi connectivity index (χ4n) is 1.25. The summed E-state index contributed by atoms with van der Waals surface area (Å²) in [5, 5.41) is 11.0. The number of carbonyl (C=O) groups is 1. The number of aromatic nitrogens is 3. The molecule has 2 rings (SSSR count). The molecule has 0 spiro atoms. The monoisotopic (exact) mass is 245 g/mol. The fraction of sp³-hybridized carbons (Fsp3) is 0.0909. The minimum atomic E-state index is -0.416. The molecule has 0 aromatic carbocycles. The number of nitrogens with zero attached hydrogens (tertiary/aromatic N) is 2. The Morgan fingerprint density at radius 2 is 2.17 bits per heavy atom. The van der Waals surface area contributed by atoms with Gasteiger partial charge in [0.2, 0.25) is 0 Å². The maximum absolute atomic E-state index is 11.5. The number of pyridine rings is 1. The third-order valence-electron chi connectivity index (χ3n) is 2.08. The van der Waals surface area contributed by atoms with Crippen LogP contribution in [0.4, 0.5) is 10.6 Å². The van der Waals surface area contributed by atoms with Gasteiger partial charge < -0.3 is 5.32 Å². The summed E-state index contributed by atoms with van der Waals surface area (Å²) in [5.41, 5.74) is 0.427. The Balaban J connectivity index is 1.86. The third kappa shape index (κ3) is 3.41. The first kappa shape index (κ1) is 11.8. The predicted molar refractivity (Wildman–Crippen MR) is 65.0 cm³/mol. The van der Waals surface area contributed by atoms with Crippen LogP contribution in [0.1, 0.15) is 5.69 Å². The van der Waals surface area contributed by atoms with Crippen molar-refractivity contribution in [3.05, 3.63) is 52.6 Å². The van der Waals surface area contributed by atoms with Gasteiger partial charge in [-0.2, -0.15) is 5.10 Å². The van der Waals surface area contributed by atoms with Crippen LogP contribution >= 0.6 is 0 Å². The van der Waals surface area contributed by atoms with Crippen LogP contribution in [0.5, 0.6) is 0 Å². The summed E-state index contributed by atoms with van der Waals surface area (Å²) < 4.78 is 0. The Bertz CT molecular complexity index is 561. The second-order valence-electron chi connectivity index (χ2n) is 3.44. The summed E-state index contributed by atoms with van der Waals surface area (Å²) in [5.74, 6) is 0.271. The molecule has 2 aromatic heterocycles. The first-order valence-corrected chi connectivity index (χ1v) is 5.24. The second kappa shape index (κ2) is 5.58. The van der Waals surface area contributed by atoms with Crippen molar-refractivity contribution < 1.29 is 4.79 Å².